The molecule has 0 atom stereocenters. The van der Waals surface area contributed by atoms with Crippen molar-refractivity contribution in [3.8, 4) is 11.5 Å². The highest BCUT2D eigenvalue weighted by atomic mass is 16.5. The lowest BCUT2D eigenvalue weighted by Crippen LogP contribution is -2.37. The van der Waals surface area contributed by atoms with Gasteiger partial charge in [0.1, 0.15) is 25.0 Å². The van der Waals surface area contributed by atoms with E-state index in [1.165, 1.54) is 17.4 Å². The van der Waals surface area contributed by atoms with E-state index >= 15 is 0 Å². The summed E-state index contributed by atoms with van der Waals surface area (Å²) in [7, 11) is 0. The Labute approximate surface area is 156 Å². The summed E-state index contributed by atoms with van der Waals surface area (Å²) in [6.45, 7) is 15.1. The molecule has 0 bridgehead atoms. The molecule has 0 spiro atoms. The summed E-state index contributed by atoms with van der Waals surface area (Å²) in [6, 6.07) is 4.01. The van der Waals surface area contributed by atoms with Crippen molar-refractivity contribution < 1.29 is 19.3 Å². The fourth-order valence-electron chi connectivity index (χ4n) is 3.16. The van der Waals surface area contributed by atoms with Crippen LogP contribution in [0.15, 0.2) is 38.1 Å². The minimum Gasteiger partial charge on any atom is -0.502 e. The van der Waals surface area contributed by atoms with Crippen molar-refractivity contribution in [2.45, 2.75) is 25.9 Å². The van der Waals surface area contributed by atoms with Gasteiger partial charge in [0.25, 0.3) is 0 Å². The molecule has 6 nitrogen and oxygen atoms in total. The highest BCUT2D eigenvalue weighted by molar-refractivity contribution is 5.50. The van der Waals surface area contributed by atoms with Crippen LogP contribution in [0.25, 0.3) is 0 Å². The lowest BCUT2D eigenvalue weighted by molar-refractivity contribution is 0.0725. The summed E-state index contributed by atoms with van der Waals surface area (Å²) in [4.78, 5) is 4.50. The fourth-order valence-corrected chi connectivity index (χ4v) is 3.16. The normalized spacial score (nSPS) is 16.2. The predicted octanol–water partition coefficient (Wildman–Crippen LogP) is 2.73. The molecule has 144 valence electrons. The summed E-state index contributed by atoms with van der Waals surface area (Å²) in [6.07, 6.45) is 3.19. The molecule has 0 aliphatic carbocycles. The second-order valence-corrected chi connectivity index (χ2v) is 6.14. The van der Waals surface area contributed by atoms with E-state index in [2.05, 4.69) is 29.5 Å². The Morgan fingerprint density at radius 2 is 1.54 bits per heavy atom. The van der Waals surface area contributed by atoms with Crippen LogP contribution in [-0.4, -0.2) is 54.7 Å². The topological polar surface area (TPSA) is 54.4 Å². The zero-order valence-corrected chi connectivity index (χ0v) is 15.5. The lowest BCUT2D eigenvalue weighted by atomic mass is 10.0. The van der Waals surface area contributed by atoms with Crippen molar-refractivity contribution in [1.29, 1.82) is 0 Å². The lowest BCUT2D eigenvalue weighted by Gasteiger charge is -2.35. The van der Waals surface area contributed by atoms with Crippen LogP contribution in [0.1, 0.15) is 24.0 Å². The first-order valence-electron chi connectivity index (χ1n) is 9.00. The Morgan fingerprint density at radius 3 is 2.04 bits per heavy atom. The van der Waals surface area contributed by atoms with Crippen molar-refractivity contribution in [2.24, 2.45) is 0 Å². The van der Waals surface area contributed by atoms with Crippen molar-refractivity contribution in [3.63, 3.8) is 0 Å². The molecule has 1 aromatic carbocycles. The SMILES string of the molecule is C=C.C=COCCCN1COc2ccc3c(c2C1)CN(CCCO)CO3. The third-order valence-corrected chi connectivity index (χ3v) is 4.40. The first kappa shape index (κ1) is 20.3. The zero-order valence-electron chi connectivity index (χ0n) is 15.5. The molecule has 6 heteroatoms. The molecule has 2 heterocycles. The second kappa shape index (κ2) is 10.9. The number of fused-ring (bicyclic) bond motifs is 3. The van der Waals surface area contributed by atoms with E-state index < -0.39 is 0 Å². The maximum Gasteiger partial charge on any atom is 0.142 e. The van der Waals surface area contributed by atoms with Crippen LogP contribution in [-0.2, 0) is 17.8 Å². The first-order valence-corrected chi connectivity index (χ1v) is 9.00. The number of aliphatic hydroxyl groups is 1. The second-order valence-electron chi connectivity index (χ2n) is 6.14. The molecule has 26 heavy (non-hydrogen) atoms. The molecule has 0 fully saturated rings. The van der Waals surface area contributed by atoms with Gasteiger partial charge in [-0.05, 0) is 25.0 Å². The van der Waals surface area contributed by atoms with Crippen molar-refractivity contribution >= 4 is 0 Å². The molecular formula is C20H30N2O4. The summed E-state index contributed by atoms with van der Waals surface area (Å²) in [5.74, 6) is 1.91. The van der Waals surface area contributed by atoms with Crippen molar-refractivity contribution in [2.75, 3.05) is 39.8 Å². The maximum absolute atomic E-state index is 9.03. The van der Waals surface area contributed by atoms with Crippen LogP contribution in [0.4, 0.5) is 0 Å². The number of rotatable bonds is 8. The Morgan fingerprint density at radius 1 is 1.00 bits per heavy atom. The van der Waals surface area contributed by atoms with Crippen molar-refractivity contribution in [1.82, 2.24) is 9.80 Å². The van der Waals surface area contributed by atoms with Gasteiger partial charge in [0.05, 0.1) is 12.9 Å². The number of benzene rings is 1. The molecular weight excluding hydrogens is 332 g/mol. The first-order chi connectivity index (χ1) is 12.8. The Kier molecular flexibility index (Phi) is 8.47. The van der Waals surface area contributed by atoms with Crippen LogP contribution >= 0.6 is 0 Å². The van der Waals surface area contributed by atoms with E-state index in [4.69, 9.17) is 19.3 Å². The third-order valence-electron chi connectivity index (χ3n) is 4.40. The number of hydrogen-bond acceptors (Lipinski definition) is 6. The molecule has 1 N–H and O–H groups in total. The average Bonchev–Trinajstić information content (AvgIpc) is 2.71. The quantitative estimate of drug-likeness (QED) is 0.436. The number of nitrogens with zero attached hydrogens (tertiary/aromatic N) is 2. The molecule has 0 saturated heterocycles. The molecule has 0 unspecified atom stereocenters. The molecule has 1 aromatic rings. The van der Waals surface area contributed by atoms with Gasteiger partial charge >= 0.3 is 0 Å². The Bertz CT molecular complexity index is 579. The molecule has 3 rings (SSSR count). The monoisotopic (exact) mass is 362 g/mol. The van der Waals surface area contributed by atoms with Gasteiger partial charge in [0, 0.05) is 43.9 Å². The van der Waals surface area contributed by atoms with E-state index in [1.807, 2.05) is 12.1 Å². The molecule has 0 aromatic heterocycles. The van der Waals surface area contributed by atoms with Crippen LogP contribution < -0.4 is 9.47 Å². The van der Waals surface area contributed by atoms with E-state index in [0.29, 0.717) is 20.1 Å². The van der Waals surface area contributed by atoms with Gasteiger partial charge in [-0.1, -0.05) is 6.58 Å². The van der Waals surface area contributed by atoms with E-state index in [1.54, 1.807) is 0 Å². The smallest absolute Gasteiger partial charge is 0.142 e. The van der Waals surface area contributed by atoms with E-state index in [-0.39, 0.29) is 6.61 Å². The van der Waals surface area contributed by atoms with Gasteiger partial charge in [0.15, 0.2) is 0 Å². The number of ether oxygens (including phenoxy) is 3. The molecule has 2 aliphatic heterocycles. The van der Waals surface area contributed by atoms with Crippen LogP contribution in [0.2, 0.25) is 0 Å². The van der Waals surface area contributed by atoms with Crippen LogP contribution in [0.3, 0.4) is 0 Å². The average molecular weight is 362 g/mol. The van der Waals surface area contributed by atoms with Crippen LogP contribution in [0, 0.1) is 0 Å². The van der Waals surface area contributed by atoms with Gasteiger partial charge in [-0.25, -0.2) is 0 Å². The van der Waals surface area contributed by atoms with Gasteiger partial charge in [-0.3, -0.25) is 9.80 Å². The van der Waals surface area contributed by atoms with E-state index in [9.17, 15) is 0 Å². The largest absolute Gasteiger partial charge is 0.502 e. The highest BCUT2D eigenvalue weighted by Crippen LogP contribution is 2.37. The van der Waals surface area contributed by atoms with Gasteiger partial charge in [0.2, 0.25) is 0 Å². The number of aliphatic hydroxyl groups excluding tert-OH is 1. The zero-order chi connectivity index (χ0) is 18.8. The summed E-state index contributed by atoms with van der Waals surface area (Å²) in [5, 5.41) is 9.03. The highest BCUT2D eigenvalue weighted by Gasteiger charge is 2.26. The van der Waals surface area contributed by atoms with Gasteiger partial charge < -0.3 is 19.3 Å². The standard InChI is InChI=1S/C18H26N2O4.C2H4/c1-2-22-10-4-8-20-12-16-15-11-19(7-3-9-21)13-23-17(15)5-6-18(16)24-14-20;1-2/h2,5-6,21H,1,3-4,7-14H2;1-2H2. The van der Waals surface area contributed by atoms with E-state index in [0.717, 1.165) is 50.5 Å². The van der Waals surface area contributed by atoms with Gasteiger partial charge in [-0.15, -0.1) is 13.2 Å². The molecule has 0 saturated carbocycles. The predicted molar refractivity (Wildman–Crippen MR) is 102 cm³/mol. The van der Waals surface area contributed by atoms with Crippen molar-refractivity contribution in [3.05, 3.63) is 49.3 Å². The summed E-state index contributed by atoms with van der Waals surface area (Å²) in [5.41, 5.74) is 2.43. The third kappa shape index (κ3) is 5.24. The number of hydrogen-bond donors (Lipinski definition) is 1. The molecule has 2 aliphatic rings. The molecule has 0 radical (unpaired) electrons. The summed E-state index contributed by atoms with van der Waals surface area (Å²) >= 11 is 0. The fraction of sp³-hybridized carbons (Fsp3) is 0.500. The van der Waals surface area contributed by atoms with Gasteiger partial charge in [-0.2, -0.15) is 0 Å². The summed E-state index contributed by atoms with van der Waals surface area (Å²) < 4.78 is 17.0. The Hall–Kier alpha value is -2.02. The molecule has 0 amide bonds. The minimum absolute atomic E-state index is 0.208. The maximum atomic E-state index is 9.03. The minimum atomic E-state index is 0.208. The Balaban J connectivity index is 0.00000117. The van der Waals surface area contributed by atoms with Crippen LogP contribution in [0.5, 0.6) is 11.5 Å².